The minimum atomic E-state index is 0.301. The Kier molecular flexibility index (Phi) is 4.67. The molecule has 136 valence electrons. The van der Waals surface area contributed by atoms with Crippen molar-refractivity contribution in [1.29, 1.82) is 0 Å². The third kappa shape index (κ3) is 3.46. The van der Waals surface area contributed by atoms with Gasteiger partial charge < -0.3 is 24.3 Å². The first-order valence-electron chi connectivity index (χ1n) is 9.07. The van der Waals surface area contributed by atoms with E-state index in [2.05, 4.69) is 48.2 Å². The molecule has 0 saturated heterocycles. The number of aryl methyl sites for hydroxylation is 1. The summed E-state index contributed by atoms with van der Waals surface area (Å²) < 4.78 is 13.1. The average Bonchev–Trinajstić information content (AvgIpc) is 3.24. The third-order valence-electron chi connectivity index (χ3n) is 4.60. The minimum absolute atomic E-state index is 0.301. The summed E-state index contributed by atoms with van der Waals surface area (Å²) in [6, 6.07) is 14.3. The van der Waals surface area contributed by atoms with E-state index >= 15 is 0 Å². The van der Waals surface area contributed by atoms with Crippen molar-refractivity contribution in [3.05, 3.63) is 48.0 Å². The maximum Gasteiger partial charge on any atom is 0.231 e. The van der Waals surface area contributed by atoms with Crippen LogP contribution in [-0.2, 0) is 13.1 Å². The van der Waals surface area contributed by atoms with Crippen LogP contribution in [0.4, 0.5) is 5.95 Å². The van der Waals surface area contributed by atoms with E-state index in [-0.39, 0.29) is 0 Å². The van der Waals surface area contributed by atoms with Gasteiger partial charge in [0.15, 0.2) is 11.5 Å². The predicted molar refractivity (Wildman–Crippen MR) is 102 cm³/mol. The number of fused-ring (bicyclic) bond motifs is 2. The summed E-state index contributed by atoms with van der Waals surface area (Å²) in [5.41, 5.74) is 3.35. The van der Waals surface area contributed by atoms with E-state index in [1.807, 2.05) is 18.2 Å². The molecular formula is C20H25N4O2+. The van der Waals surface area contributed by atoms with Gasteiger partial charge in [0.1, 0.15) is 0 Å². The molecule has 0 unspecified atom stereocenters. The molecule has 6 heteroatoms. The lowest BCUT2D eigenvalue weighted by Crippen LogP contribution is -3.05. The number of quaternary nitrogens is 1. The summed E-state index contributed by atoms with van der Waals surface area (Å²) in [6.07, 6.45) is 1.11. The third-order valence-corrected chi connectivity index (χ3v) is 4.60. The van der Waals surface area contributed by atoms with Gasteiger partial charge in [-0.2, -0.15) is 0 Å². The lowest BCUT2D eigenvalue weighted by atomic mass is 10.2. The summed E-state index contributed by atoms with van der Waals surface area (Å²) in [5.74, 6) is 2.54. The van der Waals surface area contributed by atoms with E-state index in [0.29, 0.717) is 13.3 Å². The second-order valence-electron chi connectivity index (χ2n) is 6.93. The van der Waals surface area contributed by atoms with Gasteiger partial charge in [0, 0.05) is 19.5 Å². The van der Waals surface area contributed by atoms with Crippen LogP contribution in [0.3, 0.4) is 0 Å². The largest absolute Gasteiger partial charge is 0.454 e. The summed E-state index contributed by atoms with van der Waals surface area (Å²) in [6.45, 7) is 3.08. The fourth-order valence-corrected chi connectivity index (χ4v) is 3.26. The fourth-order valence-electron chi connectivity index (χ4n) is 3.26. The number of ether oxygens (including phenoxy) is 2. The Hall–Kier alpha value is -2.73. The highest BCUT2D eigenvalue weighted by atomic mass is 16.7. The lowest BCUT2D eigenvalue weighted by molar-refractivity contribution is -0.858. The van der Waals surface area contributed by atoms with Gasteiger partial charge in [-0.05, 0) is 29.8 Å². The molecule has 3 aromatic rings. The summed E-state index contributed by atoms with van der Waals surface area (Å²) in [7, 11) is 4.37. The van der Waals surface area contributed by atoms with Gasteiger partial charge in [-0.1, -0.05) is 18.2 Å². The van der Waals surface area contributed by atoms with Crippen LogP contribution in [0.1, 0.15) is 12.0 Å². The molecule has 0 amide bonds. The van der Waals surface area contributed by atoms with Crippen LogP contribution < -0.4 is 19.7 Å². The van der Waals surface area contributed by atoms with Crippen molar-refractivity contribution in [3.8, 4) is 11.5 Å². The van der Waals surface area contributed by atoms with Gasteiger partial charge in [0.25, 0.3) is 0 Å². The molecule has 26 heavy (non-hydrogen) atoms. The zero-order valence-electron chi connectivity index (χ0n) is 15.3. The molecule has 1 aliphatic rings. The van der Waals surface area contributed by atoms with E-state index in [4.69, 9.17) is 14.5 Å². The predicted octanol–water partition coefficient (Wildman–Crippen LogP) is 1.91. The highest BCUT2D eigenvalue weighted by Gasteiger charge is 2.14. The van der Waals surface area contributed by atoms with Crippen molar-refractivity contribution in [3.63, 3.8) is 0 Å². The van der Waals surface area contributed by atoms with Crippen LogP contribution in [0.2, 0.25) is 0 Å². The number of nitrogens with one attached hydrogen (secondary N) is 2. The van der Waals surface area contributed by atoms with Crippen LogP contribution in [-0.4, -0.2) is 37.0 Å². The molecule has 1 aromatic heterocycles. The van der Waals surface area contributed by atoms with Crippen molar-refractivity contribution >= 4 is 17.0 Å². The van der Waals surface area contributed by atoms with Crippen molar-refractivity contribution in [2.75, 3.05) is 32.7 Å². The van der Waals surface area contributed by atoms with Crippen LogP contribution in [0, 0.1) is 0 Å². The number of aromatic nitrogens is 2. The van der Waals surface area contributed by atoms with E-state index in [9.17, 15) is 0 Å². The summed E-state index contributed by atoms with van der Waals surface area (Å²) >= 11 is 0. The summed E-state index contributed by atoms with van der Waals surface area (Å²) in [5, 5.41) is 3.50. The van der Waals surface area contributed by atoms with Crippen molar-refractivity contribution in [2.45, 2.75) is 19.5 Å². The Morgan fingerprint density at radius 2 is 1.96 bits per heavy atom. The van der Waals surface area contributed by atoms with Crippen LogP contribution in [0.15, 0.2) is 42.5 Å². The van der Waals surface area contributed by atoms with Crippen molar-refractivity contribution < 1.29 is 14.4 Å². The SMILES string of the molecule is C[NH+](C)CCCn1c(NCc2ccc3c(c2)OCO3)nc2ccccc21. The molecule has 0 aliphatic carbocycles. The smallest absolute Gasteiger partial charge is 0.231 e. The number of hydrogen-bond donors (Lipinski definition) is 2. The molecule has 2 aromatic carbocycles. The Labute approximate surface area is 153 Å². The highest BCUT2D eigenvalue weighted by molar-refractivity contribution is 5.78. The standard InChI is InChI=1S/C20H24N4O2/c1-23(2)10-5-11-24-17-7-4-3-6-16(17)22-20(24)21-13-15-8-9-18-19(12-15)26-14-25-18/h3-4,6-9,12H,5,10-11,13-14H2,1-2H3,(H,21,22)/p+1. The van der Waals surface area contributed by atoms with Gasteiger partial charge in [-0.3, -0.25) is 0 Å². The monoisotopic (exact) mass is 353 g/mol. The Morgan fingerprint density at radius 1 is 1.12 bits per heavy atom. The number of imidazole rings is 1. The van der Waals surface area contributed by atoms with Crippen LogP contribution in [0.25, 0.3) is 11.0 Å². The zero-order chi connectivity index (χ0) is 17.9. The first-order valence-corrected chi connectivity index (χ1v) is 9.07. The fraction of sp³-hybridized carbons (Fsp3) is 0.350. The first-order chi connectivity index (χ1) is 12.7. The van der Waals surface area contributed by atoms with Crippen molar-refractivity contribution in [1.82, 2.24) is 9.55 Å². The molecule has 2 N–H and O–H groups in total. The van der Waals surface area contributed by atoms with E-state index in [0.717, 1.165) is 48.0 Å². The molecule has 0 fully saturated rings. The molecule has 2 heterocycles. The number of benzene rings is 2. The second kappa shape index (κ2) is 7.25. The van der Waals surface area contributed by atoms with Gasteiger partial charge in [-0.15, -0.1) is 0 Å². The highest BCUT2D eigenvalue weighted by Crippen LogP contribution is 2.32. The Bertz CT molecular complexity index is 904. The van der Waals surface area contributed by atoms with Gasteiger partial charge in [-0.25, -0.2) is 4.98 Å². The van der Waals surface area contributed by atoms with Gasteiger partial charge >= 0.3 is 0 Å². The van der Waals surface area contributed by atoms with Crippen LogP contribution in [0.5, 0.6) is 11.5 Å². The van der Waals surface area contributed by atoms with Crippen LogP contribution >= 0.6 is 0 Å². The quantitative estimate of drug-likeness (QED) is 0.681. The number of hydrogen-bond acceptors (Lipinski definition) is 4. The Balaban J connectivity index is 1.53. The number of anilines is 1. The van der Waals surface area contributed by atoms with E-state index < -0.39 is 0 Å². The molecule has 6 nitrogen and oxygen atoms in total. The maximum atomic E-state index is 5.47. The van der Waals surface area contributed by atoms with E-state index in [1.165, 1.54) is 10.4 Å². The average molecular weight is 353 g/mol. The molecule has 1 aliphatic heterocycles. The van der Waals surface area contributed by atoms with Gasteiger partial charge in [0.05, 0.1) is 31.7 Å². The second-order valence-corrected chi connectivity index (χ2v) is 6.93. The molecule has 0 saturated carbocycles. The number of rotatable bonds is 7. The number of nitrogens with zero attached hydrogens (tertiary/aromatic N) is 2. The topological polar surface area (TPSA) is 52.8 Å². The maximum absolute atomic E-state index is 5.47. The minimum Gasteiger partial charge on any atom is -0.454 e. The molecule has 0 atom stereocenters. The van der Waals surface area contributed by atoms with Gasteiger partial charge in [0.2, 0.25) is 12.7 Å². The summed E-state index contributed by atoms with van der Waals surface area (Å²) in [4.78, 5) is 6.25. The van der Waals surface area contributed by atoms with E-state index in [1.54, 1.807) is 0 Å². The first kappa shape index (κ1) is 16.7. The molecule has 4 rings (SSSR count). The Morgan fingerprint density at radius 3 is 2.85 bits per heavy atom. The molecule has 0 radical (unpaired) electrons. The molecule has 0 bridgehead atoms. The zero-order valence-corrected chi connectivity index (χ0v) is 15.3. The van der Waals surface area contributed by atoms with Crippen molar-refractivity contribution in [2.24, 2.45) is 0 Å². The number of para-hydroxylation sites is 2. The molecular weight excluding hydrogens is 328 g/mol. The molecule has 0 spiro atoms. The normalized spacial score (nSPS) is 12.9. The lowest BCUT2D eigenvalue weighted by Gasteiger charge is -2.12.